The SMILES string of the molecule is O=NC(C(=O)O)C(N=O)C(=O)O. The molecule has 0 amide bonds. The molecule has 2 N–H and O–H groups in total. The van der Waals surface area contributed by atoms with Crippen LogP contribution in [0.3, 0.4) is 0 Å². The van der Waals surface area contributed by atoms with Crippen LogP contribution >= 0.6 is 0 Å². The highest BCUT2D eigenvalue weighted by Gasteiger charge is 2.36. The lowest BCUT2D eigenvalue weighted by molar-refractivity contribution is -0.146. The zero-order chi connectivity index (χ0) is 9.72. The lowest BCUT2D eigenvalue weighted by Crippen LogP contribution is -2.36. The smallest absolute Gasteiger partial charge is 0.335 e. The molecule has 2 unspecified atom stereocenters. The first-order valence-electron chi connectivity index (χ1n) is 2.65. The first-order chi connectivity index (χ1) is 5.54. The third-order valence-electron chi connectivity index (χ3n) is 1.03. The first kappa shape index (κ1) is 10.1. The average Bonchev–Trinajstić information content (AvgIpc) is 1.98. The second-order valence-electron chi connectivity index (χ2n) is 1.78. The van der Waals surface area contributed by atoms with E-state index in [1.807, 2.05) is 10.4 Å². The molecule has 0 aromatic heterocycles. The van der Waals surface area contributed by atoms with E-state index in [9.17, 15) is 19.4 Å². The molecule has 0 saturated heterocycles. The van der Waals surface area contributed by atoms with Gasteiger partial charge in [-0.15, -0.1) is 9.81 Å². The van der Waals surface area contributed by atoms with Crippen molar-refractivity contribution in [2.75, 3.05) is 0 Å². The molecule has 2 atom stereocenters. The fraction of sp³-hybridized carbons (Fsp3) is 0.500. The molecule has 0 spiro atoms. The molecule has 0 heterocycles. The van der Waals surface area contributed by atoms with Crippen molar-refractivity contribution >= 4 is 11.9 Å². The van der Waals surface area contributed by atoms with Crippen LogP contribution in [-0.4, -0.2) is 34.2 Å². The van der Waals surface area contributed by atoms with Crippen LogP contribution in [0.15, 0.2) is 10.4 Å². The molecule has 0 aliphatic rings. The van der Waals surface area contributed by atoms with Gasteiger partial charge in [-0.05, 0) is 0 Å². The summed E-state index contributed by atoms with van der Waals surface area (Å²) in [4.78, 5) is 39.7. The van der Waals surface area contributed by atoms with Crippen LogP contribution in [0.25, 0.3) is 0 Å². The van der Waals surface area contributed by atoms with E-state index in [0.717, 1.165) is 0 Å². The Hall–Kier alpha value is -1.86. The maximum atomic E-state index is 10.1. The fourth-order valence-electron chi connectivity index (χ4n) is 0.476. The molecule has 66 valence electrons. The average molecular weight is 176 g/mol. The summed E-state index contributed by atoms with van der Waals surface area (Å²) in [6, 6.07) is -4.33. The fourth-order valence-corrected chi connectivity index (χ4v) is 0.476. The van der Waals surface area contributed by atoms with Gasteiger partial charge in [-0.3, -0.25) is 0 Å². The van der Waals surface area contributed by atoms with Crippen LogP contribution in [0.5, 0.6) is 0 Å². The molecule has 0 fully saturated rings. The molecule has 8 nitrogen and oxygen atoms in total. The minimum absolute atomic E-state index is 1.79. The van der Waals surface area contributed by atoms with Crippen molar-refractivity contribution in [3.63, 3.8) is 0 Å². The number of hydrogen-bond acceptors (Lipinski definition) is 6. The number of nitroso groups, excluding NO2 is 2. The summed E-state index contributed by atoms with van der Waals surface area (Å²) in [6.45, 7) is 0. The molecule has 0 radical (unpaired) electrons. The molecule has 0 rings (SSSR count). The highest BCUT2D eigenvalue weighted by molar-refractivity contribution is 5.85. The Bertz CT molecular complexity index is 202. The summed E-state index contributed by atoms with van der Waals surface area (Å²) < 4.78 is 0. The Kier molecular flexibility index (Phi) is 3.47. The van der Waals surface area contributed by atoms with Crippen LogP contribution in [0.4, 0.5) is 0 Å². The standard InChI is InChI=1S/C4H4N2O6/c7-3(8)1(5-11)2(6-12)4(9)10/h1-2H,(H,7,8)(H,9,10). The molecule has 0 bridgehead atoms. The second kappa shape index (κ2) is 4.11. The Morgan fingerprint density at radius 2 is 1.17 bits per heavy atom. The first-order valence-corrected chi connectivity index (χ1v) is 2.65. The Morgan fingerprint density at radius 1 is 0.917 bits per heavy atom. The number of carbonyl (C=O) groups is 2. The molecular weight excluding hydrogens is 172 g/mol. The Morgan fingerprint density at radius 3 is 1.25 bits per heavy atom. The van der Waals surface area contributed by atoms with E-state index < -0.39 is 24.0 Å². The molecule has 8 heteroatoms. The van der Waals surface area contributed by atoms with Crippen molar-refractivity contribution in [2.45, 2.75) is 12.1 Å². The summed E-state index contributed by atoms with van der Waals surface area (Å²) in [6.07, 6.45) is 0. The molecule has 0 saturated carbocycles. The minimum Gasteiger partial charge on any atom is -0.479 e. The van der Waals surface area contributed by atoms with Gasteiger partial charge in [0.05, 0.1) is 0 Å². The van der Waals surface area contributed by atoms with Crippen molar-refractivity contribution in [2.24, 2.45) is 10.4 Å². The van der Waals surface area contributed by atoms with E-state index in [0.29, 0.717) is 0 Å². The monoisotopic (exact) mass is 176 g/mol. The lowest BCUT2D eigenvalue weighted by Gasteiger charge is -2.04. The van der Waals surface area contributed by atoms with Gasteiger partial charge in [0, 0.05) is 0 Å². The number of hydrogen-bond donors (Lipinski definition) is 2. The molecule has 0 aliphatic carbocycles. The van der Waals surface area contributed by atoms with Gasteiger partial charge in [0.1, 0.15) is 0 Å². The predicted molar refractivity (Wildman–Crippen MR) is 34.4 cm³/mol. The van der Waals surface area contributed by atoms with Crippen LogP contribution < -0.4 is 0 Å². The summed E-state index contributed by atoms with van der Waals surface area (Å²) in [5.74, 6) is -3.59. The highest BCUT2D eigenvalue weighted by atomic mass is 16.4. The van der Waals surface area contributed by atoms with E-state index in [-0.39, 0.29) is 0 Å². The number of carboxylic acids is 2. The quantitative estimate of drug-likeness (QED) is 0.538. The largest absolute Gasteiger partial charge is 0.479 e. The number of nitrogens with zero attached hydrogens (tertiary/aromatic N) is 2. The van der Waals surface area contributed by atoms with E-state index in [1.54, 1.807) is 0 Å². The number of carboxylic acid groups (broad SMARTS) is 2. The predicted octanol–water partition coefficient (Wildman–Crippen LogP) is -0.574. The molecule has 12 heavy (non-hydrogen) atoms. The summed E-state index contributed by atoms with van der Waals surface area (Å²) in [5, 5.41) is 20.2. The third-order valence-corrected chi connectivity index (χ3v) is 1.03. The van der Waals surface area contributed by atoms with Gasteiger partial charge in [-0.1, -0.05) is 10.4 Å². The summed E-state index contributed by atoms with van der Waals surface area (Å²) in [7, 11) is 0. The number of rotatable bonds is 5. The van der Waals surface area contributed by atoms with Crippen LogP contribution in [0.2, 0.25) is 0 Å². The van der Waals surface area contributed by atoms with E-state index >= 15 is 0 Å². The van der Waals surface area contributed by atoms with Gasteiger partial charge in [-0.25, -0.2) is 9.59 Å². The third kappa shape index (κ3) is 2.08. The van der Waals surface area contributed by atoms with Crippen molar-refractivity contribution < 1.29 is 19.8 Å². The molecule has 0 aliphatic heterocycles. The minimum atomic E-state index is -2.17. The van der Waals surface area contributed by atoms with Gasteiger partial charge in [-0.2, -0.15) is 0 Å². The summed E-state index contributed by atoms with van der Waals surface area (Å²) >= 11 is 0. The van der Waals surface area contributed by atoms with Crippen LogP contribution in [0, 0.1) is 9.81 Å². The van der Waals surface area contributed by atoms with Gasteiger partial charge in [0.15, 0.2) is 0 Å². The van der Waals surface area contributed by atoms with Gasteiger partial charge in [0.2, 0.25) is 12.1 Å². The molecule has 0 aromatic carbocycles. The van der Waals surface area contributed by atoms with E-state index in [1.165, 1.54) is 0 Å². The molecule has 0 aromatic rings. The second-order valence-corrected chi connectivity index (χ2v) is 1.78. The van der Waals surface area contributed by atoms with Gasteiger partial charge < -0.3 is 10.2 Å². The van der Waals surface area contributed by atoms with Crippen molar-refractivity contribution in [1.82, 2.24) is 0 Å². The number of aliphatic carboxylic acids is 2. The van der Waals surface area contributed by atoms with Gasteiger partial charge in [0.25, 0.3) is 0 Å². The lowest BCUT2D eigenvalue weighted by atomic mass is 10.1. The highest BCUT2D eigenvalue weighted by Crippen LogP contribution is 2.03. The van der Waals surface area contributed by atoms with Crippen molar-refractivity contribution in [3.05, 3.63) is 9.81 Å². The zero-order valence-electron chi connectivity index (χ0n) is 5.58. The van der Waals surface area contributed by atoms with Gasteiger partial charge >= 0.3 is 11.9 Å². The van der Waals surface area contributed by atoms with Crippen LogP contribution in [0.1, 0.15) is 0 Å². The van der Waals surface area contributed by atoms with Crippen molar-refractivity contribution in [3.8, 4) is 0 Å². The topological polar surface area (TPSA) is 133 Å². The molecular formula is C4H4N2O6. The Labute approximate surface area is 65.1 Å². The Balaban J connectivity index is 4.66. The normalized spacial score (nSPS) is 14.3. The van der Waals surface area contributed by atoms with E-state index in [4.69, 9.17) is 10.2 Å². The zero-order valence-corrected chi connectivity index (χ0v) is 5.58. The van der Waals surface area contributed by atoms with Crippen molar-refractivity contribution in [1.29, 1.82) is 0 Å². The maximum absolute atomic E-state index is 10.1. The summed E-state index contributed by atoms with van der Waals surface area (Å²) in [5.41, 5.74) is 0. The van der Waals surface area contributed by atoms with Crippen LogP contribution in [-0.2, 0) is 9.59 Å². The maximum Gasteiger partial charge on any atom is 0.335 e. The van der Waals surface area contributed by atoms with E-state index in [2.05, 4.69) is 0 Å².